The van der Waals surface area contributed by atoms with Crippen molar-refractivity contribution in [3.63, 3.8) is 0 Å². The number of rotatable bonds is 5. The zero-order chi connectivity index (χ0) is 19.7. The highest BCUT2D eigenvalue weighted by atomic mass is 16.5. The molecule has 28 heavy (non-hydrogen) atoms. The van der Waals surface area contributed by atoms with Gasteiger partial charge in [0.25, 0.3) is 0 Å². The number of hydroxylamine groups is 3. The number of aromatic nitrogens is 2. The van der Waals surface area contributed by atoms with Crippen LogP contribution in [0.25, 0.3) is 0 Å². The summed E-state index contributed by atoms with van der Waals surface area (Å²) in [4.78, 5) is 2.64. The van der Waals surface area contributed by atoms with Crippen LogP contribution in [0.4, 0.5) is 11.4 Å². The van der Waals surface area contributed by atoms with Gasteiger partial charge in [0.1, 0.15) is 24.6 Å². The lowest BCUT2D eigenvalue weighted by Crippen LogP contribution is -2.51. The maximum absolute atomic E-state index is 13.8. The Balaban J connectivity index is 1.70. The molecule has 1 aliphatic heterocycles. The maximum Gasteiger partial charge on any atom is 0.159 e. The van der Waals surface area contributed by atoms with Crippen LogP contribution in [0.5, 0.6) is 11.5 Å². The van der Waals surface area contributed by atoms with Gasteiger partial charge in [-0.1, -0.05) is 18.2 Å². The number of fused-ring (bicyclic) bond motifs is 1. The zero-order valence-electron chi connectivity index (χ0n) is 15.8. The fourth-order valence-corrected chi connectivity index (χ4v) is 3.66. The molecule has 1 aromatic heterocycles. The van der Waals surface area contributed by atoms with Crippen LogP contribution in [0.2, 0.25) is 0 Å². The van der Waals surface area contributed by atoms with E-state index in [-0.39, 0.29) is 13.2 Å². The highest BCUT2D eigenvalue weighted by molar-refractivity contribution is 5.65. The van der Waals surface area contributed by atoms with E-state index in [1.54, 1.807) is 26.5 Å². The molecule has 146 valence electrons. The highest BCUT2D eigenvalue weighted by Crippen LogP contribution is 2.37. The van der Waals surface area contributed by atoms with E-state index in [1.807, 2.05) is 41.3 Å². The number of quaternary nitrogens is 1. The van der Waals surface area contributed by atoms with Crippen LogP contribution in [0.1, 0.15) is 11.1 Å². The van der Waals surface area contributed by atoms with Gasteiger partial charge in [0.05, 0.1) is 38.0 Å². The lowest BCUT2D eigenvalue weighted by Gasteiger charge is -2.49. The van der Waals surface area contributed by atoms with Crippen molar-refractivity contribution in [2.24, 2.45) is 0 Å². The van der Waals surface area contributed by atoms with Crippen LogP contribution in [-0.2, 0) is 13.1 Å². The number of ether oxygens (including phenoxy) is 2. The van der Waals surface area contributed by atoms with Gasteiger partial charge in [-0.3, -0.25) is 4.90 Å². The van der Waals surface area contributed by atoms with Crippen LogP contribution in [-0.4, -0.2) is 40.7 Å². The van der Waals surface area contributed by atoms with Crippen molar-refractivity contribution < 1.29 is 19.3 Å². The highest BCUT2D eigenvalue weighted by Gasteiger charge is 2.32. The van der Waals surface area contributed by atoms with E-state index in [2.05, 4.69) is 5.10 Å². The van der Waals surface area contributed by atoms with Crippen LogP contribution >= 0.6 is 0 Å². The van der Waals surface area contributed by atoms with Crippen LogP contribution in [0.3, 0.4) is 0 Å². The smallest absolute Gasteiger partial charge is 0.159 e. The first-order chi connectivity index (χ1) is 13.5. The number of benzene rings is 2. The van der Waals surface area contributed by atoms with Crippen molar-refractivity contribution in [3.05, 3.63) is 71.2 Å². The Kier molecular flexibility index (Phi) is 4.58. The standard InChI is InChI=1S/C20H22N4O4/c1-27-18-7-15(8-19(9-18)28-2)12-24(26)13-16-5-3-4-6-20(16)22(14-24)17-10-21-23(25)11-17/h3-11,25H,12-14H2,1-2H3. The number of anilines is 2. The largest absolute Gasteiger partial charge is 0.631 e. The SMILES string of the molecule is COc1cc(C[N+]2([O-])Cc3ccccc3N(c3cnn(O)c3)C2)cc(OC)c1. The lowest BCUT2D eigenvalue weighted by atomic mass is 10.1. The summed E-state index contributed by atoms with van der Waals surface area (Å²) >= 11 is 0. The normalized spacial score (nSPS) is 18.6. The lowest BCUT2D eigenvalue weighted by molar-refractivity contribution is -0.907. The number of methoxy groups -OCH3 is 2. The summed E-state index contributed by atoms with van der Waals surface area (Å²) in [5.41, 5.74) is 3.40. The molecule has 2 heterocycles. The van der Waals surface area contributed by atoms with Crippen molar-refractivity contribution in [2.45, 2.75) is 13.1 Å². The first-order valence-electron chi connectivity index (χ1n) is 8.88. The topological polar surface area (TPSA) is 82.8 Å². The second-order valence-electron chi connectivity index (χ2n) is 6.91. The predicted molar refractivity (Wildman–Crippen MR) is 103 cm³/mol. The third kappa shape index (κ3) is 3.47. The Labute approximate surface area is 162 Å². The van der Waals surface area contributed by atoms with Crippen LogP contribution < -0.4 is 14.4 Å². The monoisotopic (exact) mass is 382 g/mol. The van der Waals surface area contributed by atoms with Gasteiger partial charge in [0, 0.05) is 17.2 Å². The van der Waals surface area contributed by atoms with Gasteiger partial charge in [-0.05, 0) is 18.2 Å². The van der Waals surface area contributed by atoms with E-state index < -0.39 is 4.65 Å². The minimum absolute atomic E-state index is 0.197. The van der Waals surface area contributed by atoms with Crippen LogP contribution in [0, 0.1) is 5.21 Å². The molecule has 0 spiro atoms. The summed E-state index contributed by atoms with van der Waals surface area (Å²) in [6.07, 6.45) is 3.03. The molecule has 0 bridgehead atoms. The minimum atomic E-state index is -0.482. The van der Waals surface area contributed by atoms with Crippen molar-refractivity contribution in [1.29, 1.82) is 0 Å². The summed E-state index contributed by atoms with van der Waals surface area (Å²) in [5.74, 6) is 1.30. The van der Waals surface area contributed by atoms with Crippen molar-refractivity contribution >= 4 is 11.4 Å². The van der Waals surface area contributed by atoms with E-state index >= 15 is 0 Å². The molecule has 0 fully saturated rings. The van der Waals surface area contributed by atoms with Crippen molar-refractivity contribution in [1.82, 2.24) is 9.94 Å². The molecule has 0 radical (unpaired) electrons. The zero-order valence-corrected chi connectivity index (χ0v) is 15.8. The van der Waals surface area contributed by atoms with E-state index in [0.717, 1.165) is 21.7 Å². The second kappa shape index (κ2) is 7.06. The molecule has 0 aliphatic carbocycles. The van der Waals surface area contributed by atoms with Crippen LogP contribution in [0.15, 0.2) is 54.9 Å². The van der Waals surface area contributed by atoms with Gasteiger partial charge in [-0.25, -0.2) is 0 Å². The molecule has 0 amide bonds. The summed E-state index contributed by atoms with van der Waals surface area (Å²) in [7, 11) is 3.18. The maximum atomic E-state index is 13.8. The number of hydrogen-bond acceptors (Lipinski definition) is 6. The van der Waals surface area contributed by atoms with Crippen molar-refractivity contribution in [3.8, 4) is 11.5 Å². The first kappa shape index (κ1) is 18.1. The third-order valence-corrected chi connectivity index (χ3v) is 4.89. The molecule has 2 aromatic carbocycles. The Morgan fingerprint density at radius 3 is 2.50 bits per heavy atom. The van der Waals surface area contributed by atoms with Gasteiger partial charge in [0.2, 0.25) is 0 Å². The summed E-state index contributed by atoms with van der Waals surface area (Å²) in [6, 6.07) is 13.3. The summed E-state index contributed by atoms with van der Waals surface area (Å²) in [6.45, 7) is 0.799. The van der Waals surface area contributed by atoms with E-state index in [9.17, 15) is 10.4 Å². The van der Waals surface area contributed by atoms with Gasteiger partial charge in [-0.15, -0.1) is 9.94 Å². The molecule has 1 atom stereocenters. The molecular weight excluding hydrogens is 360 g/mol. The van der Waals surface area contributed by atoms with Gasteiger partial charge in [-0.2, -0.15) is 0 Å². The van der Waals surface area contributed by atoms with E-state index in [4.69, 9.17) is 9.47 Å². The molecule has 1 unspecified atom stereocenters. The summed E-state index contributed by atoms with van der Waals surface area (Å²) in [5, 5.41) is 27.2. The molecule has 8 nitrogen and oxygen atoms in total. The molecule has 4 rings (SSSR count). The minimum Gasteiger partial charge on any atom is -0.631 e. The fraction of sp³-hybridized carbons (Fsp3) is 0.250. The quantitative estimate of drug-likeness (QED) is 0.414. The molecular formula is C20H22N4O4. The second-order valence-corrected chi connectivity index (χ2v) is 6.91. The molecule has 3 aromatic rings. The van der Waals surface area contributed by atoms with Gasteiger partial charge < -0.3 is 24.5 Å². The number of nitrogens with zero attached hydrogens (tertiary/aromatic N) is 4. The fourth-order valence-electron chi connectivity index (χ4n) is 3.66. The number of para-hydroxylation sites is 1. The van der Waals surface area contributed by atoms with Crippen molar-refractivity contribution in [2.75, 3.05) is 25.8 Å². The molecule has 8 heteroatoms. The average Bonchev–Trinajstić information content (AvgIpc) is 3.12. The first-order valence-corrected chi connectivity index (χ1v) is 8.88. The Morgan fingerprint density at radius 1 is 1.14 bits per heavy atom. The summed E-state index contributed by atoms with van der Waals surface area (Å²) < 4.78 is 10.2. The third-order valence-electron chi connectivity index (χ3n) is 4.89. The van der Waals surface area contributed by atoms with E-state index in [0.29, 0.717) is 23.7 Å². The Bertz CT molecular complexity index is 968. The van der Waals surface area contributed by atoms with Gasteiger partial charge in [0.15, 0.2) is 6.67 Å². The van der Waals surface area contributed by atoms with Gasteiger partial charge >= 0.3 is 0 Å². The molecule has 0 saturated heterocycles. The number of hydrogen-bond donors (Lipinski definition) is 1. The van der Waals surface area contributed by atoms with E-state index in [1.165, 1.54) is 6.20 Å². The molecule has 1 N–H and O–H groups in total. The molecule has 1 aliphatic rings. The average molecular weight is 382 g/mol. The predicted octanol–water partition coefficient (Wildman–Crippen LogP) is 3.26. The molecule has 0 saturated carbocycles. The Morgan fingerprint density at radius 2 is 1.86 bits per heavy atom. The Hall–Kier alpha value is -3.23.